The Bertz CT molecular complexity index is 993. The van der Waals surface area contributed by atoms with E-state index < -0.39 is 0 Å². The zero-order chi connectivity index (χ0) is 18.8. The molecule has 27 heavy (non-hydrogen) atoms. The second-order valence-corrected chi connectivity index (χ2v) is 6.87. The summed E-state index contributed by atoms with van der Waals surface area (Å²) in [6.07, 6.45) is 3.69. The second-order valence-electron chi connectivity index (χ2n) is 6.46. The first-order chi connectivity index (χ1) is 13.1. The first kappa shape index (κ1) is 17.4. The summed E-state index contributed by atoms with van der Waals surface area (Å²) < 4.78 is 0. The van der Waals surface area contributed by atoms with Crippen LogP contribution in [0.5, 0.6) is 0 Å². The van der Waals surface area contributed by atoms with Crippen LogP contribution < -0.4 is 16.0 Å². The molecule has 1 aliphatic carbocycles. The van der Waals surface area contributed by atoms with Crippen molar-refractivity contribution >= 4 is 45.9 Å². The quantitative estimate of drug-likeness (QED) is 0.508. The molecule has 7 nitrogen and oxygen atoms in total. The summed E-state index contributed by atoms with van der Waals surface area (Å²) in [4.78, 5) is 24.2. The number of carbonyl (C=O) groups excluding carboxylic acids is 1. The Morgan fingerprint density at radius 1 is 1.19 bits per heavy atom. The van der Waals surface area contributed by atoms with Crippen LogP contribution >= 0.6 is 12.2 Å². The lowest BCUT2D eigenvalue weighted by atomic mass is 10.1. The number of aromatic amines is 1. The number of hydrogen-bond acceptors (Lipinski definition) is 4. The maximum Gasteiger partial charge on any atom is 0.232 e. The van der Waals surface area contributed by atoms with Crippen molar-refractivity contribution in [2.24, 2.45) is 5.92 Å². The minimum Gasteiger partial charge on any atom is -0.363 e. The molecule has 0 radical (unpaired) electrons. The van der Waals surface area contributed by atoms with Crippen molar-refractivity contribution in [2.75, 3.05) is 17.2 Å². The lowest BCUT2D eigenvalue weighted by Crippen LogP contribution is -2.27. The molecule has 1 aliphatic rings. The van der Waals surface area contributed by atoms with Crippen LogP contribution in [-0.4, -0.2) is 32.5 Å². The zero-order valence-corrected chi connectivity index (χ0v) is 15.7. The highest BCUT2D eigenvalue weighted by Crippen LogP contribution is 2.31. The Balaban J connectivity index is 1.62. The fourth-order valence-corrected chi connectivity index (χ4v) is 3.08. The minimum absolute atomic E-state index is 0.0108. The Labute approximate surface area is 162 Å². The van der Waals surface area contributed by atoms with E-state index in [2.05, 4.69) is 30.9 Å². The lowest BCUT2D eigenvalue weighted by Gasteiger charge is -2.10. The van der Waals surface area contributed by atoms with E-state index >= 15 is 0 Å². The van der Waals surface area contributed by atoms with Crippen LogP contribution in [0.25, 0.3) is 22.3 Å². The SMILES string of the molecule is CCNC(=S)Nc1ccc(-c2nc(NC(=O)C3CC3)nc3[nH]ccc23)cc1. The van der Waals surface area contributed by atoms with Crippen LogP contribution in [0.1, 0.15) is 19.8 Å². The second kappa shape index (κ2) is 7.32. The van der Waals surface area contributed by atoms with Crippen molar-refractivity contribution in [1.82, 2.24) is 20.3 Å². The van der Waals surface area contributed by atoms with E-state index in [0.717, 1.165) is 41.7 Å². The first-order valence-electron chi connectivity index (χ1n) is 8.95. The van der Waals surface area contributed by atoms with Crippen molar-refractivity contribution < 1.29 is 4.79 Å². The summed E-state index contributed by atoms with van der Waals surface area (Å²) in [6.45, 7) is 2.76. The van der Waals surface area contributed by atoms with E-state index in [-0.39, 0.29) is 11.8 Å². The predicted molar refractivity (Wildman–Crippen MR) is 111 cm³/mol. The monoisotopic (exact) mass is 380 g/mol. The van der Waals surface area contributed by atoms with E-state index in [1.807, 2.05) is 43.5 Å². The van der Waals surface area contributed by atoms with E-state index in [1.165, 1.54) is 0 Å². The average molecular weight is 380 g/mol. The predicted octanol–water partition coefficient (Wildman–Crippen LogP) is 3.28. The van der Waals surface area contributed by atoms with Gasteiger partial charge in [-0.15, -0.1) is 0 Å². The lowest BCUT2D eigenvalue weighted by molar-refractivity contribution is -0.117. The third-order valence-corrected chi connectivity index (χ3v) is 4.60. The number of amides is 1. The van der Waals surface area contributed by atoms with Gasteiger partial charge >= 0.3 is 0 Å². The third kappa shape index (κ3) is 3.90. The summed E-state index contributed by atoms with van der Waals surface area (Å²) in [6, 6.07) is 9.77. The normalized spacial score (nSPS) is 13.4. The fraction of sp³-hybridized carbons (Fsp3) is 0.263. The van der Waals surface area contributed by atoms with Crippen LogP contribution in [0.3, 0.4) is 0 Å². The summed E-state index contributed by atoms with van der Waals surface area (Å²) in [7, 11) is 0. The Hall–Kier alpha value is -3.00. The number of benzene rings is 1. The van der Waals surface area contributed by atoms with Crippen LogP contribution in [-0.2, 0) is 4.79 Å². The van der Waals surface area contributed by atoms with Crippen molar-refractivity contribution in [3.63, 3.8) is 0 Å². The minimum atomic E-state index is -0.0108. The molecule has 1 amide bonds. The van der Waals surface area contributed by atoms with Crippen LogP contribution in [0, 0.1) is 5.92 Å². The van der Waals surface area contributed by atoms with E-state index in [0.29, 0.717) is 16.7 Å². The van der Waals surface area contributed by atoms with E-state index in [4.69, 9.17) is 12.2 Å². The number of fused-ring (bicyclic) bond motifs is 1. The Kier molecular flexibility index (Phi) is 4.72. The van der Waals surface area contributed by atoms with Gasteiger partial charge in [0.15, 0.2) is 5.11 Å². The molecular weight excluding hydrogens is 360 g/mol. The number of anilines is 2. The first-order valence-corrected chi connectivity index (χ1v) is 9.36. The molecular formula is C19H20N6OS. The highest BCUT2D eigenvalue weighted by atomic mass is 32.1. The van der Waals surface area contributed by atoms with E-state index in [1.54, 1.807) is 0 Å². The Morgan fingerprint density at radius 2 is 1.96 bits per heavy atom. The van der Waals surface area contributed by atoms with Crippen molar-refractivity contribution in [1.29, 1.82) is 0 Å². The van der Waals surface area contributed by atoms with Gasteiger partial charge in [-0.25, -0.2) is 4.98 Å². The highest BCUT2D eigenvalue weighted by Gasteiger charge is 2.30. The van der Waals surface area contributed by atoms with Crippen molar-refractivity contribution in [2.45, 2.75) is 19.8 Å². The van der Waals surface area contributed by atoms with Gasteiger partial charge in [-0.2, -0.15) is 4.98 Å². The van der Waals surface area contributed by atoms with Crippen molar-refractivity contribution in [3.8, 4) is 11.3 Å². The van der Waals surface area contributed by atoms with Gasteiger partial charge in [-0.3, -0.25) is 10.1 Å². The number of hydrogen-bond donors (Lipinski definition) is 4. The van der Waals surface area contributed by atoms with Gasteiger partial charge in [0.1, 0.15) is 5.65 Å². The summed E-state index contributed by atoms with van der Waals surface area (Å²) in [5.74, 6) is 0.415. The molecule has 0 unspecified atom stereocenters. The van der Waals surface area contributed by atoms with Gasteiger partial charge in [-0.1, -0.05) is 12.1 Å². The summed E-state index contributed by atoms with van der Waals surface area (Å²) in [5, 5.41) is 10.5. The molecule has 4 rings (SSSR count). The number of carbonyl (C=O) groups is 1. The van der Waals surface area contributed by atoms with Crippen LogP contribution in [0.15, 0.2) is 36.5 Å². The molecule has 1 fully saturated rings. The van der Waals surface area contributed by atoms with Crippen LogP contribution in [0.4, 0.5) is 11.6 Å². The molecule has 0 spiro atoms. The smallest absolute Gasteiger partial charge is 0.232 e. The Morgan fingerprint density at radius 3 is 2.67 bits per heavy atom. The molecule has 0 saturated heterocycles. The molecule has 0 aliphatic heterocycles. The van der Waals surface area contributed by atoms with Gasteiger partial charge in [0.25, 0.3) is 0 Å². The molecule has 0 bridgehead atoms. The number of thiocarbonyl (C=S) groups is 1. The molecule has 3 aromatic rings. The maximum absolute atomic E-state index is 12.1. The highest BCUT2D eigenvalue weighted by molar-refractivity contribution is 7.80. The zero-order valence-electron chi connectivity index (χ0n) is 14.9. The largest absolute Gasteiger partial charge is 0.363 e. The summed E-state index contributed by atoms with van der Waals surface area (Å²) in [5.41, 5.74) is 3.30. The summed E-state index contributed by atoms with van der Waals surface area (Å²) >= 11 is 5.21. The van der Waals surface area contributed by atoms with Gasteiger partial charge in [-0.05, 0) is 50.2 Å². The number of H-pyrrole nitrogens is 1. The molecule has 1 saturated carbocycles. The van der Waals surface area contributed by atoms with Gasteiger partial charge < -0.3 is 15.6 Å². The topological polar surface area (TPSA) is 94.7 Å². The third-order valence-electron chi connectivity index (χ3n) is 4.35. The fourth-order valence-electron chi connectivity index (χ4n) is 2.82. The molecule has 2 aromatic heterocycles. The molecule has 0 atom stereocenters. The van der Waals surface area contributed by atoms with Crippen LogP contribution in [0.2, 0.25) is 0 Å². The standard InChI is InChI=1S/C19H20N6OS/c1-2-20-19(27)22-13-7-5-11(6-8-13)15-14-9-10-21-16(14)24-18(23-15)25-17(26)12-3-4-12/h5-10,12H,2-4H2,1H3,(H2,20,22,27)(H2,21,23,24,25,26). The number of nitrogens with zero attached hydrogens (tertiary/aromatic N) is 2. The molecule has 4 N–H and O–H groups in total. The molecule has 8 heteroatoms. The molecule has 2 heterocycles. The van der Waals surface area contributed by atoms with Gasteiger partial charge in [0, 0.05) is 35.3 Å². The molecule has 1 aromatic carbocycles. The maximum atomic E-state index is 12.1. The van der Waals surface area contributed by atoms with E-state index in [9.17, 15) is 4.79 Å². The molecule has 138 valence electrons. The number of rotatable bonds is 5. The van der Waals surface area contributed by atoms with Crippen molar-refractivity contribution in [3.05, 3.63) is 36.5 Å². The van der Waals surface area contributed by atoms with Gasteiger partial charge in [0.2, 0.25) is 11.9 Å². The number of aromatic nitrogens is 3. The number of nitrogens with one attached hydrogen (secondary N) is 4. The average Bonchev–Trinajstić information content (AvgIpc) is 3.40. The van der Waals surface area contributed by atoms with Gasteiger partial charge in [0.05, 0.1) is 5.69 Å².